The maximum atomic E-state index is 10.6. The first-order valence-corrected chi connectivity index (χ1v) is 4.52. The highest BCUT2D eigenvalue weighted by Gasteiger charge is 1.95. The van der Waals surface area contributed by atoms with Gasteiger partial charge in [-0.2, -0.15) is 0 Å². The van der Waals surface area contributed by atoms with Crippen LogP contribution in [0.25, 0.3) is 11.1 Å². The average molecular weight is 196 g/mol. The topological polar surface area (TPSA) is 72.0 Å². The quantitative estimate of drug-likeness (QED) is 0.673. The number of H-pyrrole nitrogens is 1. The summed E-state index contributed by atoms with van der Waals surface area (Å²) < 4.78 is 4.76. The van der Waals surface area contributed by atoms with Gasteiger partial charge >= 0.3 is 5.76 Å². The third-order valence-corrected chi connectivity index (χ3v) is 1.33. The van der Waals surface area contributed by atoms with Crippen molar-refractivity contribution in [2.75, 3.05) is 7.05 Å². The van der Waals surface area contributed by atoms with Crippen LogP contribution in [0.4, 0.5) is 0 Å². The van der Waals surface area contributed by atoms with E-state index in [0.29, 0.717) is 5.58 Å². The molecule has 0 amide bonds. The highest BCUT2D eigenvalue weighted by Crippen LogP contribution is 2.06. The lowest BCUT2D eigenvalue weighted by molar-refractivity contribution is 0.555. The lowest BCUT2D eigenvalue weighted by Gasteiger charge is -1.79. The van der Waals surface area contributed by atoms with Crippen molar-refractivity contribution < 1.29 is 4.42 Å². The minimum absolute atomic E-state index is 0.402. The Morgan fingerprint density at radius 1 is 1.21 bits per heavy atom. The van der Waals surface area contributed by atoms with E-state index < -0.39 is 5.76 Å². The number of aromatic nitrogens is 1. The Morgan fingerprint density at radius 2 is 1.79 bits per heavy atom. The zero-order valence-electron chi connectivity index (χ0n) is 8.70. The van der Waals surface area contributed by atoms with Crippen LogP contribution in [0.15, 0.2) is 33.5 Å². The predicted octanol–water partition coefficient (Wildman–Crippen LogP) is 1.72. The highest BCUT2D eigenvalue weighted by molar-refractivity contribution is 5.71. The fourth-order valence-electron chi connectivity index (χ4n) is 0.894. The van der Waals surface area contributed by atoms with Gasteiger partial charge < -0.3 is 10.2 Å². The van der Waals surface area contributed by atoms with Gasteiger partial charge in [0.2, 0.25) is 0 Å². The van der Waals surface area contributed by atoms with E-state index in [1.807, 2.05) is 26.0 Å². The summed E-state index contributed by atoms with van der Waals surface area (Å²) in [6.45, 7) is 4.00. The molecule has 78 valence electrons. The number of benzene rings is 1. The number of hydrogen-bond donors (Lipinski definition) is 2. The lowest BCUT2D eigenvalue weighted by atomic mass is 10.3. The van der Waals surface area contributed by atoms with Crippen molar-refractivity contribution in [3.05, 3.63) is 34.8 Å². The molecule has 2 aromatic rings. The summed E-state index contributed by atoms with van der Waals surface area (Å²) >= 11 is 0. The molecule has 14 heavy (non-hydrogen) atoms. The van der Waals surface area contributed by atoms with Gasteiger partial charge in [-0.1, -0.05) is 26.0 Å². The monoisotopic (exact) mass is 196 g/mol. The van der Waals surface area contributed by atoms with Gasteiger partial charge in [0, 0.05) is 0 Å². The number of para-hydroxylation sites is 2. The first-order valence-electron chi connectivity index (χ1n) is 4.52. The smallest absolute Gasteiger partial charge is 0.408 e. The molecule has 1 heterocycles. The first kappa shape index (κ1) is 12.4. The second kappa shape index (κ2) is 6.91. The predicted molar refractivity (Wildman–Crippen MR) is 58.3 cm³/mol. The van der Waals surface area contributed by atoms with Crippen molar-refractivity contribution in [2.24, 2.45) is 5.73 Å². The number of oxazole rings is 1. The molecule has 4 nitrogen and oxygen atoms in total. The maximum Gasteiger partial charge on any atom is 0.417 e. The van der Waals surface area contributed by atoms with Crippen molar-refractivity contribution in [1.29, 1.82) is 0 Å². The summed E-state index contributed by atoms with van der Waals surface area (Å²) in [7, 11) is 1.50. The summed E-state index contributed by atoms with van der Waals surface area (Å²) in [5, 5.41) is 0. The molecule has 0 unspecified atom stereocenters. The van der Waals surface area contributed by atoms with Gasteiger partial charge in [-0.25, -0.2) is 4.79 Å². The molecule has 4 heteroatoms. The molecule has 0 aliphatic rings. The molecule has 1 aromatic heterocycles. The second-order valence-corrected chi connectivity index (χ2v) is 2.01. The molecule has 0 spiro atoms. The first-order chi connectivity index (χ1) is 6.86. The molecule has 0 atom stereocenters. The van der Waals surface area contributed by atoms with Crippen LogP contribution in [0.2, 0.25) is 0 Å². The molecule has 0 radical (unpaired) electrons. The van der Waals surface area contributed by atoms with E-state index in [-0.39, 0.29) is 0 Å². The Balaban J connectivity index is 0.000000379. The van der Waals surface area contributed by atoms with E-state index in [0.717, 1.165) is 5.52 Å². The Morgan fingerprint density at radius 3 is 2.36 bits per heavy atom. The zero-order chi connectivity index (χ0) is 11.0. The van der Waals surface area contributed by atoms with Gasteiger partial charge in [0.15, 0.2) is 5.58 Å². The molecule has 1 aromatic carbocycles. The van der Waals surface area contributed by atoms with E-state index in [1.165, 1.54) is 7.05 Å². The van der Waals surface area contributed by atoms with Gasteiger partial charge in [-0.15, -0.1) is 0 Å². The van der Waals surface area contributed by atoms with Crippen LogP contribution in [-0.4, -0.2) is 12.0 Å². The van der Waals surface area contributed by atoms with Gasteiger partial charge in [0.25, 0.3) is 0 Å². The number of fused-ring (bicyclic) bond motifs is 1. The summed E-state index contributed by atoms with van der Waals surface area (Å²) in [4.78, 5) is 13.1. The van der Waals surface area contributed by atoms with Gasteiger partial charge in [0.1, 0.15) is 0 Å². The van der Waals surface area contributed by atoms with Crippen molar-refractivity contribution in [3.8, 4) is 0 Å². The third-order valence-electron chi connectivity index (χ3n) is 1.33. The minimum atomic E-state index is -0.402. The van der Waals surface area contributed by atoms with Crippen molar-refractivity contribution in [2.45, 2.75) is 13.8 Å². The molecule has 0 aliphatic carbocycles. The van der Waals surface area contributed by atoms with Gasteiger partial charge in [0.05, 0.1) is 5.52 Å². The molecule has 0 fully saturated rings. The van der Waals surface area contributed by atoms with Crippen LogP contribution in [-0.2, 0) is 0 Å². The number of hydrogen-bond acceptors (Lipinski definition) is 3. The number of nitrogens with one attached hydrogen (secondary N) is 1. The number of aromatic amines is 1. The summed E-state index contributed by atoms with van der Waals surface area (Å²) in [6, 6.07) is 7.19. The third kappa shape index (κ3) is 3.06. The average Bonchev–Trinajstić information content (AvgIpc) is 2.64. The SMILES string of the molecule is CC.CN.O=c1[nH]c2ccccc2o1. The number of rotatable bonds is 0. The van der Waals surface area contributed by atoms with Crippen LogP contribution < -0.4 is 11.5 Å². The molecule has 0 aliphatic heterocycles. The molecule has 0 bridgehead atoms. The molecular formula is C10H16N2O2. The van der Waals surface area contributed by atoms with E-state index in [1.54, 1.807) is 12.1 Å². The van der Waals surface area contributed by atoms with Crippen LogP contribution >= 0.6 is 0 Å². The maximum absolute atomic E-state index is 10.6. The fourth-order valence-corrected chi connectivity index (χ4v) is 0.894. The van der Waals surface area contributed by atoms with E-state index in [4.69, 9.17) is 4.42 Å². The Hall–Kier alpha value is -1.55. The molecule has 0 saturated heterocycles. The van der Waals surface area contributed by atoms with Crippen LogP contribution in [0.3, 0.4) is 0 Å². The zero-order valence-corrected chi connectivity index (χ0v) is 8.70. The van der Waals surface area contributed by atoms with E-state index in [2.05, 4.69) is 10.7 Å². The molecule has 0 saturated carbocycles. The van der Waals surface area contributed by atoms with Crippen LogP contribution in [0.5, 0.6) is 0 Å². The summed E-state index contributed by atoms with van der Waals surface area (Å²) in [5.74, 6) is -0.402. The Labute approximate surface area is 82.7 Å². The van der Waals surface area contributed by atoms with Gasteiger partial charge in [-0.3, -0.25) is 4.98 Å². The van der Waals surface area contributed by atoms with Crippen LogP contribution in [0, 0.1) is 0 Å². The highest BCUT2D eigenvalue weighted by atomic mass is 16.4. The Bertz CT molecular complexity index is 367. The number of nitrogens with two attached hydrogens (primary N) is 1. The second-order valence-electron chi connectivity index (χ2n) is 2.01. The summed E-state index contributed by atoms with van der Waals surface area (Å²) in [6.07, 6.45) is 0. The van der Waals surface area contributed by atoms with Crippen LogP contribution in [0.1, 0.15) is 13.8 Å². The fraction of sp³-hybridized carbons (Fsp3) is 0.300. The van der Waals surface area contributed by atoms with Gasteiger partial charge in [-0.05, 0) is 19.2 Å². The molecule has 3 N–H and O–H groups in total. The largest absolute Gasteiger partial charge is 0.417 e. The Kier molecular flexibility index (Phi) is 6.15. The molecular weight excluding hydrogens is 180 g/mol. The van der Waals surface area contributed by atoms with Crippen molar-refractivity contribution in [3.63, 3.8) is 0 Å². The lowest BCUT2D eigenvalue weighted by Crippen LogP contribution is -1.92. The normalized spacial score (nSPS) is 8.29. The van der Waals surface area contributed by atoms with Crippen molar-refractivity contribution in [1.82, 2.24) is 4.98 Å². The van der Waals surface area contributed by atoms with E-state index in [9.17, 15) is 4.79 Å². The molecule has 2 rings (SSSR count). The van der Waals surface area contributed by atoms with E-state index >= 15 is 0 Å². The standard InChI is InChI=1S/C7H5NO2.C2H6.CH5N/c9-7-8-5-3-1-2-4-6(5)10-7;2*1-2/h1-4H,(H,8,9);1-2H3;2H2,1H3. The van der Waals surface area contributed by atoms with Crippen molar-refractivity contribution >= 4 is 11.1 Å². The summed E-state index contributed by atoms with van der Waals surface area (Å²) in [5.41, 5.74) is 5.85. The minimum Gasteiger partial charge on any atom is -0.408 e.